The fourth-order valence-electron chi connectivity index (χ4n) is 11.7. The highest BCUT2D eigenvalue weighted by atomic mass is 14.9. The van der Waals surface area contributed by atoms with Crippen LogP contribution in [0.3, 0.4) is 0 Å². The van der Waals surface area contributed by atoms with Gasteiger partial charge in [-0.3, -0.25) is 0 Å². The molecule has 36 heavy (non-hydrogen) atoms. The van der Waals surface area contributed by atoms with Gasteiger partial charge in [0.25, 0.3) is 0 Å². The Labute approximate surface area is 221 Å². The van der Waals surface area contributed by atoms with Crippen LogP contribution < -0.4 is 28.7 Å². The van der Waals surface area contributed by atoms with Gasteiger partial charge in [-0.05, 0) is 103 Å². The SMILES string of the molecule is CC[C@@]12C(CC(C)(C)[C@@H](N)[C@@H]1N)C1=CCC3[C@@]4(C)CC[C@H](N)[C@](C)(CN)C4CC[C@@]3(C)[C@]1(C)C[C@H]2N. The van der Waals surface area contributed by atoms with Crippen molar-refractivity contribution in [3.8, 4) is 0 Å². The van der Waals surface area contributed by atoms with Crippen molar-refractivity contribution in [3.05, 3.63) is 11.6 Å². The van der Waals surface area contributed by atoms with E-state index >= 15 is 0 Å². The van der Waals surface area contributed by atoms with E-state index in [0.29, 0.717) is 24.3 Å². The fourth-order valence-corrected chi connectivity index (χ4v) is 11.7. The summed E-state index contributed by atoms with van der Waals surface area (Å²) in [5.41, 5.74) is 36.6. The molecule has 12 atom stereocenters. The number of rotatable bonds is 2. The Morgan fingerprint density at radius 1 is 0.833 bits per heavy atom. The molecule has 0 spiro atoms. The van der Waals surface area contributed by atoms with E-state index in [2.05, 4.69) is 54.5 Å². The van der Waals surface area contributed by atoms with Crippen LogP contribution in [-0.2, 0) is 0 Å². The lowest BCUT2D eigenvalue weighted by Gasteiger charge is -2.73. The topological polar surface area (TPSA) is 130 Å². The molecular weight excluding hydrogens is 442 g/mol. The zero-order valence-corrected chi connectivity index (χ0v) is 24.4. The highest BCUT2D eigenvalue weighted by Crippen LogP contribution is 2.75. The van der Waals surface area contributed by atoms with Crippen LogP contribution in [0, 0.1) is 50.2 Å². The first kappa shape index (κ1) is 27.1. The second kappa shape index (κ2) is 8.03. The lowest BCUT2D eigenvalue weighted by Crippen LogP contribution is -2.75. The van der Waals surface area contributed by atoms with Crippen molar-refractivity contribution in [2.75, 3.05) is 6.54 Å². The lowest BCUT2D eigenvalue weighted by molar-refractivity contribution is -0.190. The molecule has 0 heterocycles. The van der Waals surface area contributed by atoms with Crippen molar-refractivity contribution >= 4 is 0 Å². The average Bonchev–Trinajstić information content (AvgIpc) is 2.81. The third-order valence-corrected chi connectivity index (χ3v) is 14.5. The van der Waals surface area contributed by atoms with Gasteiger partial charge in [0, 0.05) is 29.6 Å². The van der Waals surface area contributed by atoms with E-state index in [1.54, 1.807) is 5.57 Å². The van der Waals surface area contributed by atoms with Gasteiger partial charge in [0.1, 0.15) is 0 Å². The van der Waals surface area contributed by atoms with Gasteiger partial charge < -0.3 is 28.7 Å². The number of hydrogen-bond acceptors (Lipinski definition) is 5. The second-order valence-corrected chi connectivity index (χ2v) is 15.7. The minimum atomic E-state index is -0.111. The molecule has 5 heteroatoms. The first-order valence-electron chi connectivity index (χ1n) is 15.0. The van der Waals surface area contributed by atoms with E-state index in [1.165, 1.54) is 19.3 Å². The Balaban J connectivity index is 1.63. The molecule has 0 bridgehead atoms. The van der Waals surface area contributed by atoms with E-state index in [-0.39, 0.29) is 56.7 Å². The Kier molecular flexibility index (Phi) is 6.05. The average molecular weight is 500 g/mol. The molecule has 0 aromatic carbocycles. The molecule has 0 aliphatic heterocycles. The molecule has 4 saturated carbocycles. The van der Waals surface area contributed by atoms with E-state index in [9.17, 15) is 0 Å². The van der Waals surface area contributed by atoms with Gasteiger partial charge in [0.15, 0.2) is 0 Å². The number of hydrogen-bond donors (Lipinski definition) is 5. The van der Waals surface area contributed by atoms with Crippen LogP contribution >= 0.6 is 0 Å². The zero-order valence-electron chi connectivity index (χ0n) is 24.4. The van der Waals surface area contributed by atoms with Gasteiger partial charge in [0.05, 0.1) is 0 Å². The van der Waals surface area contributed by atoms with E-state index in [1.807, 2.05) is 0 Å². The fraction of sp³-hybridized carbons (Fsp3) is 0.935. The van der Waals surface area contributed by atoms with Crippen molar-refractivity contribution in [2.24, 2.45) is 78.9 Å². The third kappa shape index (κ3) is 2.96. The van der Waals surface area contributed by atoms with Gasteiger partial charge >= 0.3 is 0 Å². The maximum Gasteiger partial charge on any atom is 0.0275 e. The minimum absolute atomic E-state index is 0.00536. The molecular formula is C31H57N5. The summed E-state index contributed by atoms with van der Waals surface area (Å²) in [5, 5.41) is 0. The molecule has 0 amide bonds. The van der Waals surface area contributed by atoms with Gasteiger partial charge in [-0.25, -0.2) is 0 Å². The largest absolute Gasteiger partial charge is 0.330 e. The van der Waals surface area contributed by atoms with Gasteiger partial charge in [0.2, 0.25) is 0 Å². The van der Waals surface area contributed by atoms with E-state index < -0.39 is 0 Å². The molecule has 5 nitrogen and oxygen atoms in total. The van der Waals surface area contributed by atoms with E-state index in [4.69, 9.17) is 28.7 Å². The molecule has 10 N–H and O–H groups in total. The highest BCUT2D eigenvalue weighted by molar-refractivity contribution is 5.37. The Hall–Kier alpha value is -0.460. The van der Waals surface area contributed by atoms with Gasteiger partial charge in [-0.2, -0.15) is 0 Å². The molecule has 3 unspecified atom stereocenters. The molecule has 0 aromatic rings. The summed E-state index contributed by atoms with van der Waals surface area (Å²) in [4.78, 5) is 0. The van der Waals surface area contributed by atoms with Crippen LogP contribution in [0.25, 0.3) is 0 Å². The first-order valence-corrected chi connectivity index (χ1v) is 15.0. The molecule has 5 aliphatic carbocycles. The predicted octanol–water partition coefficient (Wildman–Crippen LogP) is 4.28. The quantitative estimate of drug-likeness (QED) is 0.362. The summed E-state index contributed by atoms with van der Waals surface area (Å²) < 4.78 is 0. The van der Waals surface area contributed by atoms with Crippen LogP contribution in [-0.4, -0.2) is 30.7 Å². The number of fused-ring (bicyclic) bond motifs is 7. The van der Waals surface area contributed by atoms with Crippen LogP contribution in [0.4, 0.5) is 0 Å². The monoisotopic (exact) mass is 499 g/mol. The Morgan fingerprint density at radius 2 is 1.50 bits per heavy atom. The highest BCUT2D eigenvalue weighted by Gasteiger charge is 2.71. The van der Waals surface area contributed by atoms with Crippen LogP contribution in [0.1, 0.15) is 99.8 Å². The summed E-state index contributed by atoms with van der Waals surface area (Å²) in [6, 6.07) is 0.188. The van der Waals surface area contributed by atoms with Crippen LogP contribution in [0.15, 0.2) is 11.6 Å². The maximum atomic E-state index is 7.30. The van der Waals surface area contributed by atoms with Crippen molar-refractivity contribution in [3.63, 3.8) is 0 Å². The zero-order chi connectivity index (χ0) is 26.7. The smallest absolute Gasteiger partial charge is 0.0275 e. The summed E-state index contributed by atoms with van der Waals surface area (Å²) in [7, 11) is 0. The lowest BCUT2D eigenvalue weighted by atomic mass is 9.32. The number of nitrogens with two attached hydrogens (primary N) is 5. The van der Waals surface area contributed by atoms with Crippen molar-refractivity contribution in [1.29, 1.82) is 0 Å². The van der Waals surface area contributed by atoms with Gasteiger partial charge in [-0.15, -0.1) is 0 Å². The molecule has 4 fully saturated rings. The second-order valence-electron chi connectivity index (χ2n) is 15.7. The molecule has 206 valence electrons. The van der Waals surface area contributed by atoms with Crippen LogP contribution in [0.2, 0.25) is 0 Å². The first-order chi connectivity index (χ1) is 16.6. The molecule has 0 aromatic heterocycles. The van der Waals surface area contributed by atoms with Crippen molar-refractivity contribution in [1.82, 2.24) is 0 Å². The van der Waals surface area contributed by atoms with E-state index in [0.717, 1.165) is 32.1 Å². The summed E-state index contributed by atoms with van der Waals surface area (Å²) in [5.74, 6) is 1.63. The Bertz CT molecular complexity index is 930. The summed E-state index contributed by atoms with van der Waals surface area (Å²) >= 11 is 0. The summed E-state index contributed by atoms with van der Waals surface area (Å²) in [6.45, 7) is 17.8. The molecule has 5 aliphatic rings. The van der Waals surface area contributed by atoms with Gasteiger partial charge in [-0.1, -0.05) is 60.1 Å². The molecule has 0 saturated heterocycles. The maximum absolute atomic E-state index is 7.30. The minimum Gasteiger partial charge on any atom is -0.330 e. The van der Waals surface area contributed by atoms with Crippen molar-refractivity contribution in [2.45, 2.75) is 124 Å². The standard InChI is InChI=1S/C31H57N5/c1-8-31-19(15-26(2,3)24(35)25(31)36)18-9-10-21-27(4)13-12-22(33)28(5,17-32)20(27)11-14-29(21,6)30(18,7)16-23(31)34/h9,19-25H,8,10-17,32-36H2,1-7H3/t19?,20?,21?,22-,23+,24-,25-,27-,28+,29+,30+,31-/m0/s1. The third-order valence-electron chi connectivity index (χ3n) is 14.5. The Morgan fingerprint density at radius 3 is 2.11 bits per heavy atom. The predicted molar refractivity (Wildman–Crippen MR) is 151 cm³/mol. The molecule has 0 radical (unpaired) electrons. The number of allylic oxidation sites excluding steroid dienone is 2. The van der Waals surface area contributed by atoms with Crippen LogP contribution in [0.5, 0.6) is 0 Å². The van der Waals surface area contributed by atoms with Crippen molar-refractivity contribution < 1.29 is 0 Å². The summed E-state index contributed by atoms with van der Waals surface area (Å²) in [6.07, 6.45) is 11.7. The normalized spacial score (nSPS) is 58.1. The molecule has 5 rings (SSSR count).